The first-order chi connectivity index (χ1) is 13.6. The Labute approximate surface area is 168 Å². The molecule has 0 saturated heterocycles. The van der Waals surface area contributed by atoms with Gasteiger partial charge in [0.05, 0.1) is 11.9 Å². The quantitative estimate of drug-likeness (QED) is 0.673. The smallest absolute Gasteiger partial charge is 0.246 e. The highest BCUT2D eigenvalue weighted by molar-refractivity contribution is 7.19. The zero-order valence-corrected chi connectivity index (χ0v) is 16.9. The minimum absolute atomic E-state index is 0.0682. The van der Waals surface area contributed by atoms with Crippen LogP contribution in [0.15, 0.2) is 48.8 Å². The first-order valence-corrected chi connectivity index (χ1v) is 10.1. The molecule has 1 amide bonds. The van der Waals surface area contributed by atoms with E-state index in [0.717, 1.165) is 34.7 Å². The second-order valence-electron chi connectivity index (χ2n) is 7.07. The molecule has 28 heavy (non-hydrogen) atoms. The molecule has 0 unspecified atom stereocenters. The molecule has 0 radical (unpaired) electrons. The van der Waals surface area contributed by atoms with Crippen molar-refractivity contribution < 1.29 is 4.79 Å². The molecule has 1 aromatic carbocycles. The summed E-state index contributed by atoms with van der Waals surface area (Å²) in [5, 5.41) is 4.50. The van der Waals surface area contributed by atoms with Gasteiger partial charge in [-0.3, -0.25) is 4.79 Å². The SMILES string of the molecule is CN(C)CC=CC(=O)N1CCc2c(sc3ncnc(Nc4ccccc4)c23)C1. The molecule has 6 nitrogen and oxygen atoms in total. The van der Waals surface area contributed by atoms with Crippen LogP contribution >= 0.6 is 11.3 Å². The number of thiophene rings is 1. The van der Waals surface area contributed by atoms with Gasteiger partial charge in [0, 0.05) is 29.7 Å². The van der Waals surface area contributed by atoms with E-state index >= 15 is 0 Å². The number of carbonyl (C=O) groups is 1. The first kappa shape index (κ1) is 18.6. The van der Waals surface area contributed by atoms with Crippen molar-refractivity contribution in [1.29, 1.82) is 0 Å². The topological polar surface area (TPSA) is 61.4 Å². The third-order valence-corrected chi connectivity index (χ3v) is 5.84. The number of fused-ring (bicyclic) bond motifs is 3. The molecule has 0 bridgehead atoms. The Bertz CT molecular complexity index is 1010. The van der Waals surface area contributed by atoms with Crippen LogP contribution in [0, 0.1) is 0 Å². The number of aromatic nitrogens is 2. The maximum Gasteiger partial charge on any atom is 0.246 e. The van der Waals surface area contributed by atoms with Crippen molar-refractivity contribution in [3.05, 3.63) is 59.3 Å². The van der Waals surface area contributed by atoms with Gasteiger partial charge in [-0.25, -0.2) is 9.97 Å². The van der Waals surface area contributed by atoms with Crippen molar-refractivity contribution in [2.45, 2.75) is 13.0 Å². The van der Waals surface area contributed by atoms with E-state index < -0.39 is 0 Å². The summed E-state index contributed by atoms with van der Waals surface area (Å²) in [7, 11) is 3.97. The lowest BCUT2D eigenvalue weighted by Gasteiger charge is -2.26. The highest BCUT2D eigenvalue weighted by Crippen LogP contribution is 2.38. The number of hydrogen-bond donors (Lipinski definition) is 1. The predicted molar refractivity (Wildman–Crippen MR) is 114 cm³/mol. The van der Waals surface area contributed by atoms with Gasteiger partial charge in [0.25, 0.3) is 0 Å². The Morgan fingerprint density at radius 2 is 2.11 bits per heavy atom. The predicted octanol–water partition coefficient (Wildman–Crippen LogP) is 3.44. The summed E-state index contributed by atoms with van der Waals surface area (Å²) in [6.45, 7) is 2.10. The van der Waals surface area contributed by atoms with Crippen molar-refractivity contribution in [2.75, 3.05) is 32.5 Å². The molecule has 0 fully saturated rings. The van der Waals surface area contributed by atoms with E-state index in [-0.39, 0.29) is 5.91 Å². The molecule has 0 aliphatic carbocycles. The Morgan fingerprint density at radius 1 is 1.29 bits per heavy atom. The molecule has 0 atom stereocenters. The van der Waals surface area contributed by atoms with Crippen LogP contribution in [0.3, 0.4) is 0 Å². The number of hydrogen-bond acceptors (Lipinski definition) is 6. The molecule has 2 aromatic heterocycles. The van der Waals surface area contributed by atoms with E-state index in [1.54, 1.807) is 23.7 Å². The molecule has 1 aliphatic rings. The number of nitrogens with zero attached hydrogens (tertiary/aromatic N) is 4. The lowest BCUT2D eigenvalue weighted by atomic mass is 10.0. The first-order valence-electron chi connectivity index (χ1n) is 9.29. The number of benzene rings is 1. The summed E-state index contributed by atoms with van der Waals surface area (Å²) in [4.78, 5) is 27.6. The van der Waals surface area contributed by atoms with Gasteiger partial charge in [-0.2, -0.15) is 0 Å². The molecule has 3 aromatic rings. The lowest BCUT2D eigenvalue weighted by molar-refractivity contribution is -0.126. The van der Waals surface area contributed by atoms with Crippen LogP contribution in [0.25, 0.3) is 10.2 Å². The van der Waals surface area contributed by atoms with Crippen LogP contribution < -0.4 is 5.32 Å². The fourth-order valence-electron chi connectivity index (χ4n) is 3.34. The van der Waals surface area contributed by atoms with Crippen LogP contribution in [0.5, 0.6) is 0 Å². The van der Waals surface area contributed by atoms with Gasteiger partial charge >= 0.3 is 0 Å². The lowest BCUT2D eigenvalue weighted by Crippen LogP contribution is -2.34. The van der Waals surface area contributed by atoms with Crippen molar-refractivity contribution in [1.82, 2.24) is 19.8 Å². The summed E-state index contributed by atoms with van der Waals surface area (Å²) in [5.41, 5.74) is 2.27. The zero-order chi connectivity index (χ0) is 19.5. The van der Waals surface area contributed by atoms with E-state index in [1.807, 2.05) is 60.3 Å². The average molecular weight is 394 g/mol. The second kappa shape index (κ2) is 8.08. The van der Waals surface area contributed by atoms with Crippen LogP contribution in [0.1, 0.15) is 10.4 Å². The minimum atomic E-state index is 0.0682. The number of para-hydroxylation sites is 1. The molecule has 0 spiro atoms. The highest BCUT2D eigenvalue weighted by Gasteiger charge is 2.25. The molecule has 0 saturated carbocycles. The molecular formula is C21H23N5OS. The van der Waals surface area contributed by atoms with E-state index in [2.05, 4.69) is 15.3 Å². The third kappa shape index (κ3) is 3.90. The van der Waals surface area contributed by atoms with Crippen molar-refractivity contribution in [3.63, 3.8) is 0 Å². The monoisotopic (exact) mass is 393 g/mol. The Morgan fingerprint density at radius 3 is 2.89 bits per heavy atom. The van der Waals surface area contributed by atoms with Crippen molar-refractivity contribution in [3.8, 4) is 0 Å². The number of nitrogens with one attached hydrogen (secondary N) is 1. The van der Waals surface area contributed by atoms with Gasteiger partial charge in [0.2, 0.25) is 5.91 Å². The number of amides is 1. The number of rotatable bonds is 5. The summed E-state index contributed by atoms with van der Waals surface area (Å²) >= 11 is 1.66. The standard InChI is InChI=1S/C21H23N5OS/c1-25(2)11-6-9-18(27)26-12-10-16-17(13-26)28-21-19(16)20(22-14-23-21)24-15-7-4-3-5-8-15/h3-9,14H,10-13H2,1-2H3,(H,22,23,24). The second-order valence-corrected chi connectivity index (χ2v) is 8.16. The van der Waals surface area contributed by atoms with Gasteiger partial charge < -0.3 is 15.1 Å². The van der Waals surface area contributed by atoms with Crippen LogP contribution in [-0.4, -0.2) is 52.9 Å². The fourth-order valence-corrected chi connectivity index (χ4v) is 4.54. The van der Waals surface area contributed by atoms with Gasteiger partial charge in [-0.05, 0) is 38.2 Å². The summed E-state index contributed by atoms with van der Waals surface area (Å²) in [5.74, 6) is 0.901. The van der Waals surface area contributed by atoms with Gasteiger partial charge in [0.1, 0.15) is 17.0 Å². The zero-order valence-electron chi connectivity index (χ0n) is 16.1. The minimum Gasteiger partial charge on any atom is -0.340 e. The van der Waals surface area contributed by atoms with Crippen LogP contribution in [-0.2, 0) is 17.8 Å². The third-order valence-electron chi connectivity index (χ3n) is 4.72. The molecule has 1 N–H and O–H groups in total. The van der Waals surface area contributed by atoms with Crippen molar-refractivity contribution in [2.24, 2.45) is 0 Å². The van der Waals surface area contributed by atoms with Gasteiger partial charge in [-0.15, -0.1) is 11.3 Å². The number of anilines is 2. The summed E-state index contributed by atoms with van der Waals surface area (Å²) in [6.07, 6.45) is 6.01. The number of likely N-dealkylation sites (N-methyl/N-ethyl adjacent to an activating group) is 1. The molecule has 144 valence electrons. The van der Waals surface area contributed by atoms with Crippen LogP contribution in [0.2, 0.25) is 0 Å². The maximum atomic E-state index is 12.5. The van der Waals surface area contributed by atoms with Crippen molar-refractivity contribution >= 4 is 39.0 Å². The van der Waals surface area contributed by atoms with Gasteiger partial charge in [0.15, 0.2) is 0 Å². The highest BCUT2D eigenvalue weighted by atomic mass is 32.1. The fraction of sp³-hybridized carbons (Fsp3) is 0.286. The molecule has 4 rings (SSSR count). The Hall–Kier alpha value is -2.77. The van der Waals surface area contributed by atoms with E-state index in [9.17, 15) is 4.79 Å². The Kier molecular flexibility index (Phi) is 5.36. The number of carbonyl (C=O) groups excluding carboxylic acids is 1. The molecule has 3 heterocycles. The summed E-state index contributed by atoms with van der Waals surface area (Å²) in [6, 6.07) is 10.0. The summed E-state index contributed by atoms with van der Waals surface area (Å²) < 4.78 is 0. The normalized spacial score (nSPS) is 14.0. The molecule has 7 heteroatoms. The van der Waals surface area contributed by atoms with Gasteiger partial charge in [-0.1, -0.05) is 24.3 Å². The average Bonchev–Trinajstić information content (AvgIpc) is 3.07. The van der Waals surface area contributed by atoms with Crippen LogP contribution in [0.4, 0.5) is 11.5 Å². The van der Waals surface area contributed by atoms with E-state index in [1.165, 1.54) is 10.4 Å². The molecular weight excluding hydrogens is 370 g/mol. The van der Waals surface area contributed by atoms with E-state index in [0.29, 0.717) is 13.1 Å². The maximum absolute atomic E-state index is 12.5. The molecule has 1 aliphatic heterocycles. The van der Waals surface area contributed by atoms with E-state index in [4.69, 9.17) is 0 Å². The largest absolute Gasteiger partial charge is 0.340 e. The Balaban J connectivity index is 1.58.